The molecule has 1 aromatic rings. The van der Waals surface area contributed by atoms with Gasteiger partial charge in [-0.1, -0.05) is 19.0 Å². The van der Waals surface area contributed by atoms with Gasteiger partial charge in [-0.25, -0.2) is 4.98 Å². The molecule has 96 valence electrons. The molecule has 1 aromatic heterocycles. The molecule has 17 heavy (non-hydrogen) atoms. The topological polar surface area (TPSA) is 87.6 Å². The SMILES string of the molecule is CCCc1nsc(N(C)CC(C)C(N)=NO)n1. The van der Waals surface area contributed by atoms with Gasteiger partial charge in [-0.15, -0.1) is 0 Å². The van der Waals surface area contributed by atoms with E-state index in [4.69, 9.17) is 10.9 Å². The van der Waals surface area contributed by atoms with Gasteiger partial charge in [0, 0.05) is 37.5 Å². The third-order valence-electron chi connectivity index (χ3n) is 2.43. The highest BCUT2D eigenvalue weighted by molar-refractivity contribution is 7.09. The molecule has 1 rings (SSSR count). The van der Waals surface area contributed by atoms with E-state index in [-0.39, 0.29) is 11.8 Å². The second kappa shape index (κ2) is 6.39. The lowest BCUT2D eigenvalue weighted by Gasteiger charge is -2.19. The Morgan fingerprint density at radius 2 is 2.35 bits per heavy atom. The van der Waals surface area contributed by atoms with Crippen LogP contribution in [0.3, 0.4) is 0 Å². The highest BCUT2D eigenvalue weighted by Gasteiger charge is 2.14. The summed E-state index contributed by atoms with van der Waals surface area (Å²) in [5.41, 5.74) is 5.54. The van der Waals surface area contributed by atoms with Crippen molar-refractivity contribution >= 4 is 22.5 Å². The van der Waals surface area contributed by atoms with Gasteiger partial charge in [0.15, 0.2) is 0 Å². The average molecular weight is 257 g/mol. The molecule has 1 heterocycles. The van der Waals surface area contributed by atoms with E-state index >= 15 is 0 Å². The molecule has 0 saturated heterocycles. The number of nitrogens with zero attached hydrogens (tertiary/aromatic N) is 4. The van der Waals surface area contributed by atoms with E-state index in [2.05, 4.69) is 21.4 Å². The number of anilines is 1. The summed E-state index contributed by atoms with van der Waals surface area (Å²) in [4.78, 5) is 6.40. The maximum Gasteiger partial charge on any atom is 0.204 e. The summed E-state index contributed by atoms with van der Waals surface area (Å²) in [6.45, 7) is 4.65. The lowest BCUT2D eigenvalue weighted by Crippen LogP contribution is -2.32. The van der Waals surface area contributed by atoms with E-state index in [0.717, 1.165) is 23.8 Å². The van der Waals surface area contributed by atoms with Crippen LogP contribution in [0.25, 0.3) is 0 Å². The van der Waals surface area contributed by atoms with Crippen molar-refractivity contribution in [2.75, 3.05) is 18.5 Å². The zero-order valence-corrected chi connectivity index (χ0v) is 11.2. The van der Waals surface area contributed by atoms with Gasteiger partial charge in [-0.2, -0.15) is 4.37 Å². The number of amidine groups is 1. The Morgan fingerprint density at radius 3 is 2.94 bits per heavy atom. The Balaban J connectivity index is 2.59. The molecule has 0 aliphatic heterocycles. The van der Waals surface area contributed by atoms with Gasteiger partial charge in [0.2, 0.25) is 5.13 Å². The third kappa shape index (κ3) is 3.85. The fourth-order valence-corrected chi connectivity index (χ4v) is 2.09. The van der Waals surface area contributed by atoms with Gasteiger partial charge < -0.3 is 15.8 Å². The third-order valence-corrected chi connectivity index (χ3v) is 3.29. The van der Waals surface area contributed by atoms with E-state index in [0.29, 0.717) is 6.54 Å². The Labute approximate surface area is 105 Å². The zero-order valence-electron chi connectivity index (χ0n) is 10.4. The zero-order chi connectivity index (χ0) is 12.8. The number of aromatic nitrogens is 2. The van der Waals surface area contributed by atoms with Gasteiger partial charge in [0.05, 0.1) is 0 Å². The first-order chi connectivity index (χ1) is 8.08. The van der Waals surface area contributed by atoms with Crippen LogP contribution in [0.5, 0.6) is 0 Å². The fraction of sp³-hybridized carbons (Fsp3) is 0.700. The molecule has 0 aliphatic carbocycles. The maximum atomic E-state index is 8.58. The molecule has 7 heteroatoms. The Hall–Kier alpha value is -1.37. The van der Waals surface area contributed by atoms with Crippen molar-refractivity contribution < 1.29 is 5.21 Å². The fourth-order valence-electron chi connectivity index (χ4n) is 1.41. The Kier molecular flexibility index (Phi) is 5.14. The molecule has 1 unspecified atom stereocenters. The summed E-state index contributed by atoms with van der Waals surface area (Å²) < 4.78 is 4.28. The summed E-state index contributed by atoms with van der Waals surface area (Å²) in [5, 5.41) is 12.5. The smallest absolute Gasteiger partial charge is 0.204 e. The molecule has 1 atom stereocenters. The molecule has 3 N–H and O–H groups in total. The predicted octanol–water partition coefficient (Wildman–Crippen LogP) is 1.31. The molecule has 0 saturated carbocycles. The summed E-state index contributed by atoms with van der Waals surface area (Å²) >= 11 is 1.38. The van der Waals surface area contributed by atoms with Crippen LogP contribution in [0.2, 0.25) is 0 Å². The molecule has 0 spiro atoms. The predicted molar refractivity (Wildman–Crippen MR) is 69.7 cm³/mol. The average Bonchev–Trinajstić information content (AvgIpc) is 2.77. The first kappa shape index (κ1) is 13.7. The van der Waals surface area contributed by atoms with Crippen molar-refractivity contribution in [2.45, 2.75) is 26.7 Å². The monoisotopic (exact) mass is 257 g/mol. The van der Waals surface area contributed by atoms with E-state index in [1.54, 1.807) is 0 Å². The second-order valence-electron chi connectivity index (χ2n) is 4.05. The van der Waals surface area contributed by atoms with Gasteiger partial charge in [0.1, 0.15) is 11.7 Å². The lowest BCUT2D eigenvalue weighted by atomic mass is 10.1. The summed E-state index contributed by atoms with van der Waals surface area (Å²) in [7, 11) is 1.93. The maximum absolute atomic E-state index is 8.58. The van der Waals surface area contributed by atoms with Gasteiger partial charge in [0.25, 0.3) is 0 Å². The Morgan fingerprint density at radius 1 is 1.65 bits per heavy atom. The highest BCUT2D eigenvalue weighted by atomic mass is 32.1. The van der Waals surface area contributed by atoms with Crippen molar-refractivity contribution in [1.82, 2.24) is 9.36 Å². The van der Waals surface area contributed by atoms with Crippen LogP contribution >= 0.6 is 11.5 Å². The van der Waals surface area contributed by atoms with E-state index < -0.39 is 0 Å². The molecule has 0 aliphatic rings. The van der Waals surface area contributed by atoms with Crippen LogP contribution in [0.1, 0.15) is 26.1 Å². The van der Waals surface area contributed by atoms with Crippen molar-refractivity contribution in [3.63, 3.8) is 0 Å². The van der Waals surface area contributed by atoms with E-state index in [1.165, 1.54) is 11.5 Å². The van der Waals surface area contributed by atoms with E-state index in [1.807, 2.05) is 18.9 Å². The Bertz CT molecular complexity index is 379. The number of oxime groups is 1. The van der Waals surface area contributed by atoms with Crippen LogP contribution in [0, 0.1) is 5.92 Å². The molecule has 0 amide bonds. The molecule has 0 bridgehead atoms. The normalized spacial score (nSPS) is 13.7. The first-order valence-corrected chi connectivity index (χ1v) is 6.37. The number of aryl methyl sites for hydroxylation is 1. The molecule has 6 nitrogen and oxygen atoms in total. The minimum Gasteiger partial charge on any atom is -0.409 e. The van der Waals surface area contributed by atoms with Crippen molar-refractivity contribution in [1.29, 1.82) is 0 Å². The van der Waals surface area contributed by atoms with Crippen LogP contribution in [-0.2, 0) is 6.42 Å². The van der Waals surface area contributed by atoms with Gasteiger partial charge in [-0.05, 0) is 6.42 Å². The second-order valence-corrected chi connectivity index (χ2v) is 4.78. The molecular weight excluding hydrogens is 238 g/mol. The molecule has 0 radical (unpaired) electrons. The van der Waals surface area contributed by atoms with Crippen LogP contribution in [-0.4, -0.2) is 34.0 Å². The van der Waals surface area contributed by atoms with Crippen LogP contribution < -0.4 is 10.6 Å². The van der Waals surface area contributed by atoms with Crippen molar-refractivity contribution in [3.05, 3.63) is 5.82 Å². The van der Waals surface area contributed by atoms with Gasteiger partial charge in [-0.3, -0.25) is 0 Å². The quantitative estimate of drug-likeness (QED) is 0.347. The van der Waals surface area contributed by atoms with E-state index in [9.17, 15) is 0 Å². The summed E-state index contributed by atoms with van der Waals surface area (Å²) in [6, 6.07) is 0. The minimum atomic E-state index is -0.0245. The first-order valence-electron chi connectivity index (χ1n) is 5.59. The standard InChI is InChI=1S/C10H19N5OS/c1-4-5-8-12-10(17-14-8)15(3)6-7(2)9(11)13-16/h7,16H,4-6H2,1-3H3,(H2,11,13). The van der Waals surface area contributed by atoms with Crippen molar-refractivity contribution in [2.24, 2.45) is 16.8 Å². The number of nitrogens with two attached hydrogens (primary N) is 1. The van der Waals surface area contributed by atoms with Crippen LogP contribution in [0.15, 0.2) is 5.16 Å². The summed E-state index contributed by atoms with van der Waals surface area (Å²) in [5.74, 6) is 1.09. The highest BCUT2D eigenvalue weighted by Crippen LogP contribution is 2.17. The molecule has 0 aromatic carbocycles. The minimum absolute atomic E-state index is 0.0245. The molecule has 0 fully saturated rings. The van der Waals surface area contributed by atoms with Gasteiger partial charge >= 0.3 is 0 Å². The largest absolute Gasteiger partial charge is 0.409 e. The number of hydrogen-bond donors (Lipinski definition) is 2. The summed E-state index contributed by atoms with van der Waals surface area (Å²) in [6.07, 6.45) is 1.94. The molecular formula is C10H19N5OS. The lowest BCUT2D eigenvalue weighted by molar-refractivity contribution is 0.314. The number of hydrogen-bond acceptors (Lipinski definition) is 6. The van der Waals surface area contributed by atoms with Crippen LogP contribution in [0.4, 0.5) is 5.13 Å². The number of rotatable bonds is 6. The van der Waals surface area contributed by atoms with Crippen molar-refractivity contribution in [3.8, 4) is 0 Å².